The number of nitrogens with zero attached hydrogens (tertiary/aromatic N) is 2. The highest BCUT2D eigenvalue weighted by molar-refractivity contribution is 9.10. The van der Waals surface area contributed by atoms with E-state index in [0.717, 1.165) is 15.7 Å². The van der Waals surface area contributed by atoms with Crippen LogP contribution in [0.15, 0.2) is 80.6 Å². The van der Waals surface area contributed by atoms with Gasteiger partial charge in [-0.3, -0.25) is 4.90 Å². The molecule has 9 heteroatoms. The second-order valence-corrected chi connectivity index (χ2v) is 10.7. The van der Waals surface area contributed by atoms with Crippen LogP contribution in [-0.4, -0.2) is 19.7 Å². The average molecular weight is 551 g/mol. The zero-order valence-electron chi connectivity index (χ0n) is 16.7. The average Bonchev–Trinajstić information content (AvgIpc) is 3.24. The Labute approximate surface area is 204 Å². The van der Waals surface area contributed by atoms with Gasteiger partial charge in [0.25, 0.3) is 0 Å². The topological polar surface area (TPSA) is 63.4 Å². The third-order valence-electron chi connectivity index (χ3n) is 4.68. The molecule has 32 heavy (non-hydrogen) atoms. The van der Waals surface area contributed by atoms with Crippen molar-refractivity contribution in [2.75, 3.05) is 11.2 Å². The fourth-order valence-electron chi connectivity index (χ4n) is 3.07. The van der Waals surface area contributed by atoms with Crippen molar-refractivity contribution in [2.45, 2.75) is 11.4 Å². The molecule has 0 unspecified atom stereocenters. The number of sulfone groups is 1. The zero-order valence-corrected chi connectivity index (χ0v) is 20.6. The highest BCUT2D eigenvalue weighted by Gasteiger charge is 2.18. The van der Waals surface area contributed by atoms with E-state index in [4.69, 9.17) is 27.6 Å². The van der Waals surface area contributed by atoms with E-state index < -0.39 is 9.84 Å². The minimum atomic E-state index is -3.28. The fourth-order valence-corrected chi connectivity index (χ4v) is 4.42. The van der Waals surface area contributed by atoms with Crippen molar-refractivity contribution >= 4 is 60.7 Å². The highest BCUT2D eigenvalue weighted by atomic mass is 79.9. The summed E-state index contributed by atoms with van der Waals surface area (Å²) in [4.78, 5) is 6.57. The molecule has 0 aliphatic rings. The maximum absolute atomic E-state index is 11.7. The lowest BCUT2D eigenvalue weighted by atomic mass is 10.2. The van der Waals surface area contributed by atoms with E-state index >= 15 is 0 Å². The summed E-state index contributed by atoms with van der Waals surface area (Å²) in [7, 11) is -3.28. The molecule has 0 fully saturated rings. The van der Waals surface area contributed by atoms with E-state index in [0.29, 0.717) is 33.9 Å². The van der Waals surface area contributed by atoms with Crippen LogP contribution in [-0.2, 0) is 16.4 Å². The predicted octanol–water partition coefficient (Wildman–Crippen LogP) is 6.95. The van der Waals surface area contributed by atoms with Gasteiger partial charge in [-0.25, -0.2) is 13.4 Å². The van der Waals surface area contributed by atoms with Crippen molar-refractivity contribution in [1.29, 1.82) is 0 Å². The maximum Gasteiger partial charge on any atom is 0.302 e. The molecular weight excluding hydrogens is 535 g/mol. The van der Waals surface area contributed by atoms with E-state index in [9.17, 15) is 8.42 Å². The van der Waals surface area contributed by atoms with Crippen LogP contribution in [0.1, 0.15) is 5.56 Å². The Morgan fingerprint density at radius 1 is 1.06 bits per heavy atom. The van der Waals surface area contributed by atoms with Gasteiger partial charge in [0.05, 0.1) is 27.7 Å². The third-order valence-corrected chi connectivity index (χ3v) is 7.00. The number of hydrogen-bond donors (Lipinski definition) is 0. The van der Waals surface area contributed by atoms with Gasteiger partial charge in [-0.15, -0.1) is 0 Å². The number of hydrogen-bond acceptors (Lipinski definition) is 5. The Morgan fingerprint density at radius 2 is 1.81 bits per heavy atom. The first-order chi connectivity index (χ1) is 15.2. The lowest BCUT2D eigenvalue weighted by Crippen LogP contribution is -2.16. The molecule has 3 aromatic carbocycles. The number of anilines is 2. The van der Waals surface area contributed by atoms with Crippen molar-refractivity contribution in [1.82, 2.24) is 4.98 Å². The standard InChI is InChI=1S/C23H16BrCl2N2O3S/c1-32(29,30)19-8-5-16(6-9-19)22-13-27-23(31-22)28(14-15-3-2-4-17(24)11-15)18-7-10-20(25)21(26)12-18/h2-3,5-13H,14H2,1H3. The quantitative estimate of drug-likeness (QED) is 0.260. The normalized spacial score (nSPS) is 11.5. The van der Waals surface area contributed by atoms with Gasteiger partial charge < -0.3 is 4.42 Å². The van der Waals surface area contributed by atoms with Crippen LogP contribution >= 0.6 is 39.1 Å². The number of halogens is 3. The molecular formula is C23H16BrCl2N2O3S. The van der Waals surface area contributed by atoms with Crippen LogP contribution in [0, 0.1) is 6.07 Å². The second-order valence-electron chi connectivity index (χ2n) is 7.03. The molecule has 163 valence electrons. The lowest BCUT2D eigenvalue weighted by molar-refractivity contribution is 0.564. The number of aromatic nitrogens is 1. The van der Waals surface area contributed by atoms with Crippen LogP contribution in [0.5, 0.6) is 0 Å². The van der Waals surface area contributed by atoms with Crippen LogP contribution in [0.25, 0.3) is 11.3 Å². The Balaban J connectivity index is 1.71. The molecule has 4 rings (SSSR count). The molecule has 4 aromatic rings. The molecule has 0 amide bonds. The molecule has 0 bridgehead atoms. The Hall–Kier alpha value is -2.32. The van der Waals surface area contributed by atoms with E-state index in [1.807, 2.05) is 29.2 Å². The first-order valence-electron chi connectivity index (χ1n) is 9.36. The third kappa shape index (κ3) is 5.18. The van der Waals surface area contributed by atoms with E-state index in [2.05, 4.69) is 27.0 Å². The van der Waals surface area contributed by atoms with E-state index in [1.165, 1.54) is 6.26 Å². The summed E-state index contributed by atoms with van der Waals surface area (Å²) in [5.41, 5.74) is 2.46. The van der Waals surface area contributed by atoms with Crippen molar-refractivity contribution in [3.8, 4) is 11.3 Å². The number of oxazole rings is 1. The maximum atomic E-state index is 11.7. The minimum absolute atomic E-state index is 0.241. The fraction of sp³-hybridized carbons (Fsp3) is 0.0870. The summed E-state index contributed by atoms with van der Waals surface area (Å²) in [6.07, 6.45) is 2.77. The number of benzene rings is 3. The summed E-state index contributed by atoms with van der Waals surface area (Å²) < 4.78 is 30.3. The molecule has 1 heterocycles. The summed E-state index contributed by atoms with van der Waals surface area (Å²) >= 11 is 15.8. The molecule has 0 aliphatic carbocycles. The Kier molecular flexibility index (Phi) is 6.62. The van der Waals surface area contributed by atoms with Crippen LogP contribution < -0.4 is 4.90 Å². The Morgan fingerprint density at radius 3 is 2.47 bits per heavy atom. The van der Waals surface area contributed by atoms with Crippen LogP contribution in [0.3, 0.4) is 0 Å². The van der Waals surface area contributed by atoms with E-state index in [-0.39, 0.29) is 4.90 Å². The summed E-state index contributed by atoms with van der Waals surface area (Å²) in [5.74, 6) is 0.507. The van der Waals surface area contributed by atoms with Gasteiger partial charge >= 0.3 is 6.01 Å². The molecule has 0 aliphatic heterocycles. The van der Waals surface area contributed by atoms with Gasteiger partial charge in [-0.1, -0.05) is 51.3 Å². The monoisotopic (exact) mass is 549 g/mol. The van der Waals surface area contributed by atoms with Gasteiger partial charge in [-0.05, 0) is 60.2 Å². The Bertz CT molecular complexity index is 1370. The van der Waals surface area contributed by atoms with Gasteiger partial charge in [0.15, 0.2) is 15.6 Å². The highest BCUT2D eigenvalue weighted by Crippen LogP contribution is 2.34. The van der Waals surface area contributed by atoms with Gasteiger partial charge in [0.2, 0.25) is 0 Å². The van der Waals surface area contributed by atoms with Crippen molar-refractivity contribution in [3.05, 3.63) is 93.0 Å². The molecule has 0 N–H and O–H groups in total. The van der Waals surface area contributed by atoms with Gasteiger partial charge in [-0.2, -0.15) is 0 Å². The lowest BCUT2D eigenvalue weighted by Gasteiger charge is -2.21. The van der Waals surface area contributed by atoms with E-state index in [1.54, 1.807) is 42.6 Å². The minimum Gasteiger partial charge on any atom is -0.423 e. The van der Waals surface area contributed by atoms with Crippen LogP contribution in [0.4, 0.5) is 11.7 Å². The van der Waals surface area contributed by atoms with Gasteiger partial charge in [0, 0.05) is 22.0 Å². The SMILES string of the molecule is CS(=O)(=O)c1ccc(-c2cnc(N(Cc3cc[c]c(Br)c3)c3ccc(Cl)c(Cl)c3)o2)cc1. The van der Waals surface area contributed by atoms with Gasteiger partial charge in [0.1, 0.15) is 0 Å². The molecule has 1 aromatic heterocycles. The molecule has 0 saturated carbocycles. The van der Waals surface area contributed by atoms with Crippen molar-refractivity contribution < 1.29 is 12.8 Å². The summed E-state index contributed by atoms with van der Waals surface area (Å²) in [6.45, 7) is 0.457. The number of rotatable bonds is 6. The predicted molar refractivity (Wildman–Crippen MR) is 130 cm³/mol. The molecule has 0 atom stereocenters. The molecule has 0 saturated heterocycles. The molecule has 0 spiro atoms. The largest absolute Gasteiger partial charge is 0.423 e. The summed E-state index contributed by atoms with van der Waals surface area (Å²) in [5, 5.41) is 0.867. The summed E-state index contributed by atoms with van der Waals surface area (Å²) in [6, 6.07) is 20.9. The molecule has 1 radical (unpaired) electrons. The zero-order chi connectivity index (χ0) is 22.9. The van der Waals surface area contributed by atoms with Crippen LogP contribution in [0.2, 0.25) is 10.0 Å². The smallest absolute Gasteiger partial charge is 0.302 e. The first-order valence-corrected chi connectivity index (χ1v) is 12.8. The first kappa shape index (κ1) is 22.9. The van der Waals surface area contributed by atoms with Crippen molar-refractivity contribution in [2.24, 2.45) is 0 Å². The second kappa shape index (κ2) is 9.27. The van der Waals surface area contributed by atoms with Crippen molar-refractivity contribution in [3.63, 3.8) is 0 Å². The molecule has 5 nitrogen and oxygen atoms in total.